The van der Waals surface area contributed by atoms with Crippen molar-refractivity contribution < 1.29 is 14.7 Å². The van der Waals surface area contributed by atoms with E-state index in [2.05, 4.69) is 5.32 Å². The Kier molecular flexibility index (Phi) is 4.68. The lowest BCUT2D eigenvalue weighted by Crippen LogP contribution is -2.16. The second-order valence-corrected chi connectivity index (χ2v) is 4.39. The van der Waals surface area contributed by atoms with Crippen molar-refractivity contribution in [2.24, 2.45) is 0 Å². The number of anilines is 1. The number of aromatic carboxylic acids is 1. The van der Waals surface area contributed by atoms with Gasteiger partial charge in [-0.05, 0) is 23.8 Å². The third kappa shape index (κ3) is 3.58. The molecular formula is C17H12N2O3. The quantitative estimate of drug-likeness (QED) is 0.669. The normalized spacial score (nSPS) is 10.6. The van der Waals surface area contributed by atoms with Crippen LogP contribution in [0.15, 0.2) is 60.2 Å². The first-order chi connectivity index (χ1) is 10.6. The third-order valence-corrected chi connectivity index (χ3v) is 2.88. The average Bonchev–Trinajstić information content (AvgIpc) is 2.53. The Balaban J connectivity index is 2.27. The van der Waals surface area contributed by atoms with Crippen LogP contribution < -0.4 is 5.32 Å². The Morgan fingerprint density at radius 1 is 1.05 bits per heavy atom. The van der Waals surface area contributed by atoms with E-state index in [0.717, 1.165) is 0 Å². The molecule has 0 atom stereocenters. The molecule has 0 saturated heterocycles. The zero-order chi connectivity index (χ0) is 15.9. The zero-order valence-electron chi connectivity index (χ0n) is 11.5. The predicted octanol–water partition coefficient (Wildman–Crippen LogP) is 2.93. The van der Waals surface area contributed by atoms with Crippen molar-refractivity contribution >= 4 is 23.6 Å². The number of carbonyl (C=O) groups excluding carboxylic acids is 1. The maximum atomic E-state index is 12.1. The number of rotatable bonds is 4. The number of carbonyl (C=O) groups is 2. The summed E-state index contributed by atoms with van der Waals surface area (Å²) in [7, 11) is 0. The van der Waals surface area contributed by atoms with Crippen LogP contribution in [0.1, 0.15) is 15.9 Å². The first-order valence-corrected chi connectivity index (χ1v) is 6.42. The summed E-state index contributed by atoms with van der Waals surface area (Å²) >= 11 is 0. The van der Waals surface area contributed by atoms with Gasteiger partial charge in [0.25, 0.3) is 5.91 Å². The molecule has 2 aromatic carbocycles. The molecule has 5 nitrogen and oxygen atoms in total. The number of para-hydroxylation sites is 1. The van der Waals surface area contributed by atoms with Crippen molar-refractivity contribution in [2.45, 2.75) is 0 Å². The number of hydrogen-bond acceptors (Lipinski definition) is 3. The highest BCUT2D eigenvalue weighted by atomic mass is 16.4. The lowest BCUT2D eigenvalue weighted by Gasteiger charge is -2.07. The van der Waals surface area contributed by atoms with E-state index < -0.39 is 11.9 Å². The fourth-order valence-corrected chi connectivity index (χ4v) is 1.83. The highest BCUT2D eigenvalue weighted by Crippen LogP contribution is 2.16. The largest absolute Gasteiger partial charge is 0.478 e. The Morgan fingerprint density at radius 2 is 1.68 bits per heavy atom. The summed E-state index contributed by atoms with van der Waals surface area (Å²) < 4.78 is 0. The number of nitrogens with one attached hydrogen (secondary N) is 1. The number of nitrogens with zero attached hydrogens (tertiary/aromatic N) is 1. The summed E-state index contributed by atoms with van der Waals surface area (Å²) in [6, 6.07) is 16.8. The molecule has 0 bridgehead atoms. The highest BCUT2D eigenvalue weighted by molar-refractivity contribution is 6.11. The standard InChI is InChI=1S/C17H12N2O3/c18-11-13(10-12-6-2-1-3-7-12)16(20)19-15-9-5-4-8-14(15)17(21)22/h1-10H,(H,19,20)(H,21,22)/b13-10+. The maximum absolute atomic E-state index is 12.1. The van der Waals surface area contributed by atoms with E-state index in [1.54, 1.807) is 36.4 Å². The molecule has 0 unspecified atom stereocenters. The van der Waals surface area contributed by atoms with Gasteiger partial charge in [-0.2, -0.15) is 5.26 Å². The van der Waals surface area contributed by atoms with Gasteiger partial charge in [-0.25, -0.2) is 4.79 Å². The van der Waals surface area contributed by atoms with Crippen molar-refractivity contribution in [3.63, 3.8) is 0 Å². The summed E-state index contributed by atoms with van der Waals surface area (Å²) in [6.45, 7) is 0. The molecular weight excluding hydrogens is 280 g/mol. The molecule has 22 heavy (non-hydrogen) atoms. The van der Waals surface area contributed by atoms with E-state index in [1.165, 1.54) is 18.2 Å². The molecule has 2 aromatic rings. The van der Waals surface area contributed by atoms with Gasteiger partial charge in [0.2, 0.25) is 0 Å². The summed E-state index contributed by atoms with van der Waals surface area (Å²) in [5, 5.41) is 20.7. The first kappa shape index (κ1) is 15.0. The summed E-state index contributed by atoms with van der Waals surface area (Å²) in [5.74, 6) is -1.80. The van der Waals surface area contributed by atoms with Gasteiger partial charge >= 0.3 is 5.97 Å². The van der Waals surface area contributed by atoms with Crippen molar-refractivity contribution in [3.05, 3.63) is 71.3 Å². The molecule has 2 rings (SSSR count). The van der Waals surface area contributed by atoms with E-state index in [1.807, 2.05) is 12.1 Å². The molecule has 0 radical (unpaired) electrons. The van der Waals surface area contributed by atoms with Crippen LogP contribution in [0.25, 0.3) is 6.08 Å². The molecule has 0 saturated carbocycles. The molecule has 2 N–H and O–H groups in total. The highest BCUT2D eigenvalue weighted by Gasteiger charge is 2.14. The molecule has 0 heterocycles. The van der Waals surface area contributed by atoms with Gasteiger partial charge < -0.3 is 10.4 Å². The second kappa shape index (κ2) is 6.86. The van der Waals surface area contributed by atoms with Crippen LogP contribution in [-0.2, 0) is 4.79 Å². The van der Waals surface area contributed by atoms with E-state index >= 15 is 0 Å². The van der Waals surface area contributed by atoms with Crippen molar-refractivity contribution in [3.8, 4) is 6.07 Å². The van der Waals surface area contributed by atoms with Gasteiger partial charge in [0, 0.05) is 0 Å². The fraction of sp³-hybridized carbons (Fsp3) is 0. The molecule has 0 aliphatic carbocycles. The third-order valence-electron chi connectivity index (χ3n) is 2.88. The van der Waals surface area contributed by atoms with Crippen molar-refractivity contribution in [1.29, 1.82) is 5.26 Å². The van der Waals surface area contributed by atoms with Gasteiger partial charge in [-0.1, -0.05) is 42.5 Å². The molecule has 1 amide bonds. The van der Waals surface area contributed by atoms with Gasteiger partial charge in [-0.15, -0.1) is 0 Å². The number of carboxylic acids is 1. The lowest BCUT2D eigenvalue weighted by atomic mass is 10.1. The van der Waals surface area contributed by atoms with E-state index in [0.29, 0.717) is 5.56 Å². The Labute approximate surface area is 127 Å². The monoisotopic (exact) mass is 292 g/mol. The second-order valence-electron chi connectivity index (χ2n) is 4.39. The average molecular weight is 292 g/mol. The summed E-state index contributed by atoms with van der Waals surface area (Å²) in [6.07, 6.45) is 1.44. The van der Waals surface area contributed by atoms with E-state index in [9.17, 15) is 9.59 Å². The summed E-state index contributed by atoms with van der Waals surface area (Å²) in [4.78, 5) is 23.2. The molecule has 0 aliphatic heterocycles. The van der Waals surface area contributed by atoms with Gasteiger partial charge in [-0.3, -0.25) is 4.79 Å². The van der Waals surface area contributed by atoms with Crippen LogP contribution in [0.3, 0.4) is 0 Å². The maximum Gasteiger partial charge on any atom is 0.337 e. The molecule has 0 spiro atoms. The summed E-state index contributed by atoms with van der Waals surface area (Å²) in [5.41, 5.74) is 0.717. The molecule has 0 fully saturated rings. The smallest absolute Gasteiger partial charge is 0.337 e. The number of amides is 1. The number of hydrogen-bond donors (Lipinski definition) is 2. The minimum absolute atomic E-state index is 0.0344. The van der Waals surface area contributed by atoms with Crippen LogP contribution in [0.5, 0.6) is 0 Å². The minimum atomic E-state index is -1.15. The predicted molar refractivity (Wildman–Crippen MR) is 82.1 cm³/mol. The molecule has 108 valence electrons. The van der Waals surface area contributed by atoms with Crippen molar-refractivity contribution in [1.82, 2.24) is 0 Å². The Hall–Kier alpha value is -3.39. The van der Waals surface area contributed by atoms with E-state index in [-0.39, 0.29) is 16.8 Å². The van der Waals surface area contributed by atoms with Crippen LogP contribution >= 0.6 is 0 Å². The Morgan fingerprint density at radius 3 is 2.32 bits per heavy atom. The minimum Gasteiger partial charge on any atom is -0.478 e. The van der Waals surface area contributed by atoms with Gasteiger partial charge in [0.15, 0.2) is 0 Å². The molecule has 0 aromatic heterocycles. The van der Waals surface area contributed by atoms with Crippen LogP contribution in [0.4, 0.5) is 5.69 Å². The van der Waals surface area contributed by atoms with Crippen LogP contribution in [0, 0.1) is 11.3 Å². The SMILES string of the molecule is N#C/C(=C\c1ccccc1)C(=O)Nc1ccccc1C(=O)O. The zero-order valence-corrected chi connectivity index (χ0v) is 11.5. The number of nitriles is 1. The number of benzene rings is 2. The topological polar surface area (TPSA) is 90.2 Å². The van der Waals surface area contributed by atoms with Gasteiger partial charge in [0.05, 0.1) is 11.3 Å². The lowest BCUT2D eigenvalue weighted by molar-refractivity contribution is -0.112. The molecule has 5 heteroatoms. The molecule has 0 aliphatic rings. The first-order valence-electron chi connectivity index (χ1n) is 6.42. The Bertz CT molecular complexity index is 774. The number of carboxylic acid groups (broad SMARTS) is 1. The van der Waals surface area contributed by atoms with E-state index in [4.69, 9.17) is 10.4 Å². The van der Waals surface area contributed by atoms with Gasteiger partial charge in [0.1, 0.15) is 11.6 Å². The van der Waals surface area contributed by atoms with Crippen molar-refractivity contribution in [2.75, 3.05) is 5.32 Å². The van der Waals surface area contributed by atoms with Crippen LogP contribution in [-0.4, -0.2) is 17.0 Å². The fourth-order valence-electron chi connectivity index (χ4n) is 1.83. The van der Waals surface area contributed by atoms with Crippen LogP contribution in [0.2, 0.25) is 0 Å².